The van der Waals surface area contributed by atoms with Gasteiger partial charge in [0, 0.05) is 5.41 Å². The van der Waals surface area contributed by atoms with E-state index in [4.69, 9.17) is 14.2 Å². The Hall–Kier alpha value is -3.72. The SMILES string of the molecule is C=CCOc1c(C)cc(C(C)(c2cc(C)c(OCC=C)c(C)c2C)c2cc(C)c(OCC=C)c(C)c2C)cc1C. The van der Waals surface area contributed by atoms with Crippen LogP contribution in [0.5, 0.6) is 17.2 Å². The van der Waals surface area contributed by atoms with Crippen molar-refractivity contribution in [1.82, 2.24) is 0 Å². The first-order valence-corrected chi connectivity index (χ1v) is 14.0. The third kappa shape index (κ3) is 5.61. The fraction of sp³-hybridized carbons (Fsp3) is 0.351. The summed E-state index contributed by atoms with van der Waals surface area (Å²) in [5, 5.41) is 0. The van der Waals surface area contributed by atoms with Crippen LogP contribution in [0.4, 0.5) is 0 Å². The lowest BCUT2D eigenvalue weighted by Gasteiger charge is -2.37. The first kappa shape index (κ1) is 30.8. The van der Waals surface area contributed by atoms with Crippen molar-refractivity contribution >= 4 is 0 Å². The Morgan fingerprint density at radius 1 is 0.525 bits per heavy atom. The lowest BCUT2D eigenvalue weighted by molar-refractivity contribution is 0.357. The van der Waals surface area contributed by atoms with Gasteiger partial charge >= 0.3 is 0 Å². The Morgan fingerprint density at radius 3 is 1.20 bits per heavy atom. The minimum atomic E-state index is -0.459. The van der Waals surface area contributed by atoms with Crippen LogP contribution in [-0.4, -0.2) is 19.8 Å². The van der Waals surface area contributed by atoms with E-state index in [1.54, 1.807) is 18.2 Å². The molecule has 0 radical (unpaired) electrons. The molecule has 212 valence electrons. The van der Waals surface area contributed by atoms with E-state index >= 15 is 0 Å². The smallest absolute Gasteiger partial charge is 0.125 e. The normalized spacial score (nSPS) is 11.2. The van der Waals surface area contributed by atoms with E-state index in [1.807, 2.05) is 0 Å². The molecule has 0 amide bonds. The van der Waals surface area contributed by atoms with Crippen molar-refractivity contribution < 1.29 is 14.2 Å². The average molecular weight is 539 g/mol. The van der Waals surface area contributed by atoms with E-state index in [0.717, 1.165) is 50.6 Å². The summed E-state index contributed by atoms with van der Waals surface area (Å²) in [6, 6.07) is 9.17. The first-order chi connectivity index (χ1) is 18.9. The summed E-state index contributed by atoms with van der Waals surface area (Å²) in [5.41, 5.74) is 12.5. The van der Waals surface area contributed by atoms with E-state index in [-0.39, 0.29) is 0 Å². The number of aryl methyl sites for hydroxylation is 4. The molecule has 3 aromatic rings. The number of hydrogen-bond donors (Lipinski definition) is 0. The number of rotatable bonds is 12. The molecule has 0 heterocycles. The van der Waals surface area contributed by atoms with Gasteiger partial charge in [0.05, 0.1) is 0 Å². The second-order valence-corrected chi connectivity index (χ2v) is 11.0. The van der Waals surface area contributed by atoms with E-state index in [9.17, 15) is 0 Å². The monoisotopic (exact) mass is 538 g/mol. The summed E-state index contributed by atoms with van der Waals surface area (Å²) in [4.78, 5) is 0. The molecule has 0 aliphatic heterocycles. The predicted molar refractivity (Wildman–Crippen MR) is 170 cm³/mol. The van der Waals surface area contributed by atoms with Crippen LogP contribution >= 0.6 is 0 Å². The van der Waals surface area contributed by atoms with Crippen molar-refractivity contribution in [3.8, 4) is 17.2 Å². The molecule has 3 aromatic carbocycles. The van der Waals surface area contributed by atoms with Gasteiger partial charge in [-0.2, -0.15) is 0 Å². The molecule has 0 aromatic heterocycles. The van der Waals surface area contributed by atoms with Gasteiger partial charge in [-0.05, 0) is 124 Å². The summed E-state index contributed by atoms with van der Waals surface area (Å²) in [5.74, 6) is 2.78. The van der Waals surface area contributed by atoms with Crippen LogP contribution in [0.3, 0.4) is 0 Å². The molecule has 3 nitrogen and oxygen atoms in total. The fourth-order valence-electron chi connectivity index (χ4n) is 5.95. The third-order valence-corrected chi connectivity index (χ3v) is 8.20. The van der Waals surface area contributed by atoms with E-state index in [1.165, 1.54) is 27.8 Å². The van der Waals surface area contributed by atoms with Crippen molar-refractivity contribution in [2.24, 2.45) is 0 Å². The summed E-state index contributed by atoms with van der Waals surface area (Å²) in [6.45, 7) is 32.5. The highest BCUT2D eigenvalue weighted by Crippen LogP contribution is 2.48. The molecule has 0 saturated carbocycles. The van der Waals surface area contributed by atoms with Crippen LogP contribution < -0.4 is 14.2 Å². The maximum Gasteiger partial charge on any atom is 0.125 e. The summed E-state index contributed by atoms with van der Waals surface area (Å²) in [7, 11) is 0. The van der Waals surface area contributed by atoms with Gasteiger partial charge in [-0.25, -0.2) is 0 Å². The van der Waals surface area contributed by atoms with Crippen molar-refractivity contribution in [3.05, 3.63) is 123 Å². The number of benzene rings is 3. The lowest BCUT2D eigenvalue weighted by Crippen LogP contribution is -2.29. The average Bonchev–Trinajstić information content (AvgIpc) is 2.91. The molecule has 3 heteroatoms. The molecule has 0 aliphatic carbocycles. The number of ether oxygens (including phenoxy) is 3. The largest absolute Gasteiger partial charge is 0.489 e. The molecule has 0 atom stereocenters. The Labute approximate surface area is 242 Å². The van der Waals surface area contributed by atoms with Crippen LogP contribution in [0, 0.1) is 55.4 Å². The molecule has 0 bridgehead atoms. The third-order valence-electron chi connectivity index (χ3n) is 8.20. The van der Waals surface area contributed by atoms with Gasteiger partial charge in [0.2, 0.25) is 0 Å². The van der Waals surface area contributed by atoms with Gasteiger partial charge in [-0.3, -0.25) is 0 Å². The molecule has 40 heavy (non-hydrogen) atoms. The zero-order valence-corrected chi connectivity index (χ0v) is 26.0. The Morgan fingerprint density at radius 2 is 0.850 bits per heavy atom. The molecule has 0 N–H and O–H groups in total. The predicted octanol–water partition coefficient (Wildman–Crippen LogP) is 9.20. The summed E-state index contributed by atoms with van der Waals surface area (Å²) >= 11 is 0. The van der Waals surface area contributed by atoms with E-state index in [0.29, 0.717) is 19.8 Å². The van der Waals surface area contributed by atoms with Crippen LogP contribution in [0.25, 0.3) is 0 Å². The molecule has 0 saturated heterocycles. The Balaban J connectivity index is 2.43. The highest BCUT2D eigenvalue weighted by molar-refractivity contribution is 5.64. The standard InChI is InChI=1S/C37H46O3/c1-13-16-38-34-23(4)19-31(20-24(34)5)37(12,32-21-25(6)35(39-17-14-2)29(10)27(32)8)33-22-26(7)36(40-18-15-3)30(11)28(33)9/h13-15,19-22H,1-3,16-18H2,4-12H3. The molecule has 0 aliphatic rings. The van der Waals surface area contributed by atoms with Crippen molar-refractivity contribution in [2.75, 3.05) is 19.8 Å². The topological polar surface area (TPSA) is 27.7 Å². The molecule has 0 spiro atoms. The summed E-state index contributed by atoms with van der Waals surface area (Å²) < 4.78 is 18.3. The van der Waals surface area contributed by atoms with Crippen molar-refractivity contribution in [1.29, 1.82) is 0 Å². The minimum Gasteiger partial charge on any atom is -0.489 e. The van der Waals surface area contributed by atoms with Crippen LogP contribution in [-0.2, 0) is 5.41 Å². The van der Waals surface area contributed by atoms with Gasteiger partial charge < -0.3 is 14.2 Å². The Kier molecular flexibility index (Phi) is 9.73. The molecule has 3 rings (SSSR count). The highest BCUT2D eigenvalue weighted by atomic mass is 16.5. The van der Waals surface area contributed by atoms with Gasteiger partial charge in [-0.15, -0.1) is 0 Å². The van der Waals surface area contributed by atoms with Crippen molar-refractivity contribution in [3.63, 3.8) is 0 Å². The van der Waals surface area contributed by atoms with Gasteiger partial charge in [0.1, 0.15) is 37.1 Å². The van der Waals surface area contributed by atoms with Crippen LogP contribution in [0.15, 0.2) is 62.2 Å². The lowest BCUT2D eigenvalue weighted by atomic mass is 9.66. The highest BCUT2D eigenvalue weighted by Gasteiger charge is 2.37. The van der Waals surface area contributed by atoms with E-state index < -0.39 is 5.41 Å². The fourth-order valence-corrected chi connectivity index (χ4v) is 5.95. The maximum absolute atomic E-state index is 6.12. The Bertz CT molecular complexity index is 1340. The first-order valence-electron chi connectivity index (χ1n) is 14.0. The zero-order valence-electron chi connectivity index (χ0n) is 26.0. The maximum atomic E-state index is 6.12. The second kappa shape index (κ2) is 12.6. The zero-order chi connectivity index (χ0) is 29.8. The van der Waals surface area contributed by atoms with Gasteiger partial charge in [0.25, 0.3) is 0 Å². The molecule has 0 fully saturated rings. The van der Waals surface area contributed by atoms with Crippen molar-refractivity contribution in [2.45, 2.75) is 67.7 Å². The molecule has 0 unspecified atom stereocenters. The molecular formula is C37H46O3. The quantitative estimate of drug-likeness (QED) is 0.170. The van der Waals surface area contributed by atoms with Gasteiger partial charge in [-0.1, -0.05) is 62.2 Å². The summed E-state index contributed by atoms with van der Waals surface area (Å²) in [6.07, 6.45) is 5.37. The van der Waals surface area contributed by atoms with Gasteiger partial charge in [0.15, 0.2) is 0 Å². The van der Waals surface area contributed by atoms with Crippen LogP contribution in [0.1, 0.15) is 68.1 Å². The second-order valence-electron chi connectivity index (χ2n) is 11.0. The van der Waals surface area contributed by atoms with Crippen LogP contribution in [0.2, 0.25) is 0 Å². The minimum absolute atomic E-state index is 0.459. The molecular weight excluding hydrogens is 492 g/mol. The number of hydrogen-bond acceptors (Lipinski definition) is 3. The van der Waals surface area contributed by atoms with E-state index in [2.05, 4.69) is 106 Å².